The molecule has 0 amide bonds. The first kappa shape index (κ1) is 10.3. The Labute approximate surface area is 80.5 Å². The van der Waals surface area contributed by atoms with E-state index in [-0.39, 0.29) is 0 Å². The molecule has 1 rings (SSSR count). The third-order valence-corrected chi connectivity index (χ3v) is 2.82. The quantitative estimate of drug-likeness (QED) is 0.751. The van der Waals surface area contributed by atoms with E-state index < -0.39 is 10.7 Å². The van der Waals surface area contributed by atoms with Gasteiger partial charge in [-0.05, 0) is 24.5 Å². The lowest BCUT2D eigenvalue weighted by atomic mass is 10.1. The minimum atomic E-state index is -2.43. The molecule has 0 saturated carbocycles. The highest BCUT2D eigenvalue weighted by Crippen LogP contribution is 2.12. The lowest BCUT2D eigenvalue weighted by molar-refractivity contribution is 0.613. The Morgan fingerprint density at radius 2 is 1.92 bits per heavy atom. The summed E-state index contributed by atoms with van der Waals surface area (Å²) in [6, 6.07) is 7.19. The molecule has 13 heavy (non-hydrogen) atoms. The van der Waals surface area contributed by atoms with Crippen LogP contribution in [0.1, 0.15) is 25.3 Å². The maximum absolute atomic E-state index is 10.8. The number of unbranched alkanes of at least 4 members (excludes halogenated alkanes) is 1. The van der Waals surface area contributed by atoms with Crippen molar-refractivity contribution >= 4 is 10.7 Å². The highest BCUT2D eigenvalue weighted by atomic mass is 32.2. The summed E-state index contributed by atoms with van der Waals surface area (Å²) in [6.45, 7) is 2.10. The fraction of sp³-hybridized carbons (Fsp3) is 0.400. The molecule has 0 N–H and O–H groups in total. The van der Waals surface area contributed by atoms with Gasteiger partial charge in [-0.25, -0.2) is 8.42 Å². The number of benzene rings is 1. The Hall–Kier alpha value is -0.830. The van der Waals surface area contributed by atoms with Gasteiger partial charge in [-0.15, -0.1) is 0 Å². The Bertz CT molecular complexity index is 335. The molecule has 0 atom stereocenters. The molecule has 0 aliphatic heterocycles. The van der Waals surface area contributed by atoms with Crippen molar-refractivity contribution in [3.63, 3.8) is 0 Å². The van der Waals surface area contributed by atoms with Crippen molar-refractivity contribution in [2.75, 3.05) is 0 Å². The van der Waals surface area contributed by atoms with Gasteiger partial charge in [0.2, 0.25) is 0 Å². The normalized spacial score (nSPS) is 10.6. The first-order valence-corrected chi connectivity index (χ1v) is 5.65. The van der Waals surface area contributed by atoms with E-state index in [2.05, 4.69) is 6.92 Å². The summed E-state index contributed by atoms with van der Waals surface area (Å²) in [7, 11) is -2.43. The third kappa shape index (κ3) is 2.84. The second-order valence-corrected chi connectivity index (χ2v) is 3.99. The molecule has 0 aliphatic carbocycles. The van der Waals surface area contributed by atoms with Crippen molar-refractivity contribution in [3.05, 3.63) is 29.8 Å². The maximum Gasteiger partial charge on any atom is 0.168 e. The molecule has 0 saturated heterocycles. The van der Waals surface area contributed by atoms with Gasteiger partial charge in [-0.1, -0.05) is 31.5 Å². The van der Waals surface area contributed by atoms with Crippen molar-refractivity contribution in [2.24, 2.45) is 0 Å². The molecule has 3 heteroatoms. The molecule has 2 nitrogen and oxygen atoms in total. The van der Waals surface area contributed by atoms with E-state index in [0.717, 1.165) is 24.8 Å². The van der Waals surface area contributed by atoms with E-state index in [0.29, 0.717) is 4.90 Å². The Kier molecular flexibility index (Phi) is 3.96. The number of hydrogen-bond acceptors (Lipinski definition) is 2. The Morgan fingerprint density at radius 1 is 1.23 bits per heavy atom. The Balaban J connectivity index is 2.91. The fourth-order valence-corrected chi connectivity index (χ4v) is 1.90. The molecule has 0 unspecified atom stereocenters. The SMILES string of the molecule is CCCCc1ccccc1[SH](=O)=O. The van der Waals surface area contributed by atoms with Gasteiger partial charge in [0.25, 0.3) is 0 Å². The third-order valence-electron chi connectivity index (χ3n) is 1.99. The van der Waals surface area contributed by atoms with Gasteiger partial charge < -0.3 is 0 Å². The minimum absolute atomic E-state index is 0.478. The van der Waals surface area contributed by atoms with E-state index in [1.54, 1.807) is 12.1 Å². The fourth-order valence-electron chi connectivity index (χ4n) is 1.27. The van der Waals surface area contributed by atoms with Crippen LogP contribution in [0.4, 0.5) is 0 Å². The van der Waals surface area contributed by atoms with Crippen LogP contribution in [0.2, 0.25) is 0 Å². The molecule has 0 heterocycles. The standard InChI is InChI=1S/C10H14O2S/c1-2-3-6-9-7-4-5-8-10(9)13(11)12/h4-5,7-8,13H,2-3,6H2,1H3. The van der Waals surface area contributed by atoms with Gasteiger partial charge in [0.1, 0.15) is 0 Å². The molecule has 0 radical (unpaired) electrons. The van der Waals surface area contributed by atoms with Crippen LogP contribution in [-0.2, 0) is 17.1 Å². The maximum atomic E-state index is 10.8. The molecular weight excluding hydrogens is 184 g/mol. The van der Waals surface area contributed by atoms with Crippen LogP contribution in [0.15, 0.2) is 29.2 Å². The predicted molar refractivity (Wildman–Crippen MR) is 53.6 cm³/mol. The molecule has 0 spiro atoms. The Morgan fingerprint density at radius 3 is 2.54 bits per heavy atom. The molecule has 0 aromatic heterocycles. The molecular formula is C10H14O2S. The molecule has 0 bridgehead atoms. The average molecular weight is 198 g/mol. The van der Waals surface area contributed by atoms with Crippen molar-refractivity contribution < 1.29 is 8.42 Å². The molecule has 0 aliphatic rings. The van der Waals surface area contributed by atoms with Crippen LogP contribution in [0.5, 0.6) is 0 Å². The van der Waals surface area contributed by atoms with Crippen molar-refractivity contribution in [1.29, 1.82) is 0 Å². The molecule has 0 fully saturated rings. The van der Waals surface area contributed by atoms with Gasteiger partial charge in [-0.2, -0.15) is 0 Å². The highest BCUT2D eigenvalue weighted by molar-refractivity contribution is 7.72. The summed E-state index contributed by atoms with van der Waals surface area (Å²) in [5.41, 5.74) is 0.945. The summed E-state index contributed by atoms with van der Waals surface area (Å²) >= 11 is 0. The molecule has 1 aromatic carbocycles. The zero-order chi connectivity index (χ0) is 9.68. The summed E-state index contributed by atoms with van der Waals surface area (Å²) in [4.78, 5) is 0.478. The molecule has 72 valence electrons. The van der Waals surface area contributed by atoms with Crippen LogP contribution in [0, 0.1) is 0 Å². The first-order valence-electron chi connectivity index (χ1n) is 4.48. The van der Waals surface area contributed by atoms with Crippen LogP contribution in [0.3, 0.4) is 0 Å². The van der Waals surface area contributed by atoms with Crippen molar-refractivity contribution in [2.45, 2.75) is 31.1 Å². The van der Waals surface area contributed by atoms with Gasteiger partial charge in [0.05, 0.1) is 4.90 Å². The van der Waals surface area contributed by atoms with Gasteiger partial charge in [0, 0.05) is 0 Å². The van der Waals surface area contributed by atoms with Gasteiger partial charge in [-0.3, -0.25) is 0 Å². The monoisotopic (exact) mass is 198 g/mol. The zero-order valence-electron chi connectivity index (χ0n) is 7.69. The zero-order valence-corrected chi connectivity index (χ0v) is 8.59. The van der Waals surface area contributed by atoms with E-state index in [9.17, 15) is 8.42 Å². The first-order chi connectivity index (χ1) is 6.25. The van der Waals surface area contributed by atoms with Crippen LogP contribution >= 0.6 is 0 Å². The number of aryl methyl sites for hydroxylation is 1. The second kappa shape index (κ2) is 5.02. The van der Waals surface area contributed by atoms with Gasteiger partial charge >= 0.3 is 0 Å². The van der Waals surface area contributed by atoms with E-state index in [4.69, 9.17) is 0 Å². The van der Waals surface area contributed by atoms with Crippen molar-refractivity contribution in [1.82, 2.24) is 0 Å². The summed E-state index contributed by atoms with van der Waals surface area (Å²) in [6.07, 6.45) is 2.99. The lowest BCUT2D eigenvalue weighted by Crippen LogP contribution is -1.91. The topological polar surface area (TPSA) is 34.1 Å². The molecule has 1 aromatic rings. The van der Waals surface area contributed by atoms with Gasteiger partial charge in [0.15, 0.2) is 10.7 Å². The van der Waals surface area contributed by atoms with Crippen LogP contribution < -0.4 is 0 Å². The largest absolute Gasteiger partial charge is 0.227 e. The number of rotatable bonds is 4. The predicted octanol–water partition coefficient (Wildman–Crippen LogP) is 2.00. The lowest BCUT2D eigenvalue weighted by Gasteiger charge is -2.02. The van der Waals surface area contributed by atoms with E-state index in [1.165, 1.54) is 0 Å². The average Bonchev–Trinajstić information content (AvgIpc) is 2.15. The van der Waals surface area contributed by atoms with E-state index in [1.807, 2.05) is 12.1 Å². The van der Waals surface area contributed by atoms with Crippen LogP contribution in [0.25, 0.3) is 0 Å². The van der Waals surface area contributed by atoms with Crippen LogP contribution in [-0.4, -0.2) is 8.42 Å². The summed E-state index contributed by atoms with van der Waals surface area (Å²) < 4.78 is 21.6. The smallest absolute Gasteiger partial charge is 0.168 e. The highest BCUT2D eigenvalue weighted by Gasteiger charge is 2.01. The summed E-state index contributed by atoms with van der Waals surface area (Å²) in [5.74, 6) is 0. The van der Waals surface area contributed by atoms with E-state index >= 15 is 0 Å². The summed E-state index contributed by atoms with van der Waals surface area (Å²) in [5, 5.41) is 0. The minimum Gasteiger partial charge on any atom is -0.227 e. The number of hydrogen-bond donors (Lipinski definition) is 1. The second-order valence-electron chi connectivity index (χ2n) is 2.99. The van der Waals surface area contributed by atoms with Crippen molar-refractivity contribution in [3.8, 4) is 0 Å². The number of thiol groups is 1.